The lowest BCUT2D eigenvalue weighted by molar-refractivity contribution is 0.0768. The molecular weight excluding hydrogens is 422 g/mol. The first-order valence-electron chi connectivity index (χ1n) is 11.2. The Balaban J connectivity index is 1.18. The number of carbonyl (C=O) groups is 1. The molecule has 2 aromatic carbocycles. The number of nitrogens with two attached hydrogens (primary N) is 1. The van der Waals surface area contributed by atoms with E-state index in [0.717, 1.165) is 62.3 Å². The highest BCUT2D eigenvalue weighted by Gasteiger charge is 2.23. The Bertz CT molecular complexity index is 1070. The van der Waals surface area contributed by atoms with E-state index in [-0.39, 0.29) is 0 Å². The van der Waals surface area contributed by atoms with E-state index in [1.807, 2.05) is 35.0 Å². The molecule has 0 unspecified atom stereocenters. The second kappa shape index (κ2) is 9.62. The standard InChI is InChI=1S/C24H29N5O2S/c25-24(30)22-3-1-2-19-17-29(26-23(19)22)20-6-4-18(5-7-20)16-27-10-8-21(9-11-27)32-28-12-14-31-15-13-28/h1-7,17,21H,8-16H2,(H2,25,30). The lowest BCUT2D eigenvalue weighted by atomic mass is 10.1. The average molecular weight is 452 g/mol. The molecule has 2 saturated heterocycles. The topological polar surface area (TPSA) is 76.6 Å². The Kier molecular flexibility index (Phi) is 6.45. The van der Waals surface area contributed by atoms with Crippen molar-refractivity contribution in [2.75, 3.05) is 39.4 Å². The van der Waals surface area contributed by atoms with E-state index in [9.17, 15) is 4.79 Å². The van der Waals surface area contributed by atoms with Crippen LogP contribution >= 0.6 is 11.9 Å². The molecule has 0 radical (unpaired) electrons. The number of hydrogen-bond acceptors (Lipinski definition) is 6. The van der Waals surface area contributed by atoms with Crippen LogP contribution in [0.5, 0.6) is 0 Å². The van der Waals surface area contributed by atoms with Crippen LogP contribution in [0.25, 0.3) is 16.6 Å². The minimum absolute atomic E-state index is 0.452. The fourth-order valence-electron chi connectivity index (χ4n) is 4.42. The van der Waals surface area contributed by atoms with Crippen molar-refractivity contribution in [2.45, 2.75) is 24.6 Å². The maximum absolute atomic E-state index is 11.7. The third-order valence-electron chi connectivity index (χ3n) is 6.21. The maximum atomic E-state index is 11.7. The fraction of sp³-hybridized carbons (Fsp3) is 0.417. The molecule has 8 heteroatoms. The molecule has 0 aliphatic carbocycles. The first kappa shape index (κ1) is 21.5. The summed E-state index contributed by atoms with van der Waals surface area (Å²) in [6, 6.07) is 14.0. The average Bonchev–Trinajstić information content (AvgIpc) is 3.26. The number of piperidine rings is 1. The van der Waals surface area contributed by atoms with Gasteiger partial charge in [-0.1, -0.05) is 36.2 Å². The predicted molar refractivity (Wildman–Crippen MR) is 128 cm³/mol. The molecule has 32 heavy (non-hydrogen) atoms. The Morgan fingerprint density at radius 1 is 1.06 bits per heavy atom. The summed E-state index contributed by atoms with van der Waals surface area (Å²) < 4.78 is 9.75. The summed E-state index contributed by atoms with van der Waals surface area (Å²) in [7, 11) is 0. The SMILES string of the molecule is NC(=O)c1cccc2cn(-c3ccc(CN4CCC(SN5CCOCC5)CC4)cc3)nc12. The van der Waals surface area contributed by atoms with Crippen molar-refractivity contribution in [3.05, 3.63) is 59.8 Å². The van der Waals surface area contributed by atoms with E-state index in [4.69, 9.17) is 10.5 Å². The van der Waals surface area contributed by atoms with Gasteiger partial charge in [0.1, 0.15) is 5.52 Å². The van der Waals surface area contributed by atoms with Crippen LogP contribution in [0.4, 0.5) is 0 Å². The summed E-state index contributed by atoms with van der Waals surface area (Å²) in [5.41, 5.74) is 8.86. The Morgan fingerprint density at radius 2 is 1.81 bits per heavy atom. The second-order valence-corrected chi connectivity index (χ2v) is 9.86. The van der Waals surface area contributed by atoms with Crippen LogP contribution in [0.3, 0.4) is 0 Å². The van der Waals surface area contributed by atoms with Gasteiger partial charge in [-0.2, -0.15) is 5.10 Å². The minimum atomic E-state index is -0.455. The molecule has 2 fully saturated rings. The first-order valence-corrected chi connectivity index (χ1v) is 12.1. The van der Waals surface area contributed by atoms with Gasteiger partial charge in [-0.25, -0.2) is 8.99 Å². The van der Waals surface area contributed by atoms with E-state index in [0.29, 0.717) is 11.1 Å². The van der Waals surface area contributed by atoms with Crippen LogP contribution in [0.15, 0.2) is 48.7 Å². The highest BCUT2D eigenvalue weighted by Crippen LogP contribution is 2.28. The van der Waals surface area contributed by atoms with Gasteiger partial charge in [0.15, 0.2) is 0 Å². The molecule has 3 aromatic rings. The van der Waals surface area contributed by atoms with E-state index in [1.54, 1.807) is 6.07 Å². The van der Waals surface area contributed by atoms with Gasteiger partial charge in [0, 0.05) is 36.5 Å². The summed E-state index contributed by atoms with van der Waals surface area (Å²) >= 11 is 2.04. The molecule has 7 nitrogen and oxygen atoms in total. The number of morpholine rings is 1. The number of benzene rings is 2. The number of fused-ring (bicyclic) bond motifs is 1. The number of likely N-dealkylation sites (tertiary alicyclic amines) is 1. The quantitative estimate of drug-likeness (QED) is 0.581. The number of carbonyl (C=O) groups excluding carboxylic acids is 1. The molecular formula is C24H29N5O2S. The van der Waals surface area contributed by atoms with Gasteiger partial charge in [-0.05, 0) is 49.7 Å². The predicted octanol–water partition coefficient (Wildman–Crippen LogP) is 3.07. The van der Waals surface area contributed by atoms with Crippen LogP contribution in [-0.2, 0) is 11.3 Å². The summed E-state index contributed by atoms with van der Waals surface area (Å²) in [6.07, 6.45) is 4.41. The summed E-state index contributed by atoms with van der Waals surface area (Å²) in [4.78, 5) is 14.2. The van der Waals surface area contributed by atoms with Crippen molar-refractivity contribution in [3.8, 4) is 5.69 Å². The maximum Gasteiger partial charge on any atom is 0.250 e. The number of ether oxygens (including phenoxy) is 1. The lowest BCUT2D eigenvalue weighted by Gasteiger charge is -2.35. The molecule has 2 N–H and O–H groups in total. The molecule has 0 atom stereocenters. The molecule has 5 rings (SSSR count). The molecule has 0 saturated carbocycles. The van der Waals surface area contributed by atoms with Crippen molar-refractivity contribution >= 4 is 28.8 Å². The monoisotopic (exact) mass is 451 g/mol. The molecule has 1 aromatic heterocycles. The van der Waals surface area contributed by atoms with E-state index in [1.165, 1.54) is 18.4 Å². The Labute approximate surface area is 192 Å². The molecule has 1 amide bonds. The normalized spacial score (nSPS) is 18.9. The Hall–Kier alpha value is -2.39. The zero-order chi connectivity index (χ0) is 21.9. The lowest BCUT2D eigenvalue weighted by Crippen LogP contribution is -2.38. The summed E-state index contributed by atoms with van der Waals surface area (Å²) in [5.74, 6) is -0.455. The highest BCUT2D eigenvalue weighted by atomic mass is 32.2. The third-order valence-corrected chi connectivity index (χ3v) is 7.64. The van der Waals surface area contributed by atoms with Crippen molar-refractivity contribution in [1.82, 2.24) is 19.0 Å². The largest absolute Gasteiger partial charge is 0.379 e. The third kappa shape index (κ3) is 4.83. The minimum Gasteiger partial charge on any atom is -0.379 e. The van der Waals surface area contributed by atoms with Gasteiger partial charge < -0.3 is 10.5 Å². The molecule has 2 aliphatic rings. The van der Waals surface area contributed by atoms with E-state index < -0.39 is 5.91 Å². The highest BCUT2D eigenvalue weighted by molar-refractivity contribution is 7.97. The summed E-state index contributed by atoms with van der Waals surface area (Å²) in [6.45, 7) is 7.09. The number of nitrogens with zero attached hydrogens (tertiary/aromatic N) is 4. The smallest absolute Gasteiger partial charge is 0.250 e. The number of aromatic nitrogens is 2. The van der Waals surface area contributed by atoms with Crippen molar-refractivity contribution in [1.29, 1.82) is 0 Å². The van der Waals surface area contributed by atoms with E-state index in [2.05, 4.69) is 38.6 Å². The zero-order valence-electron chi connectivity index (χ0n) is 18.2. The number of amides is 1. The fourth-order valence-corrected chi connectivity index (χ4v) is 5.63. The van der Waals surface area contributed by atoms with Gasteiger partial charge in [-0.15, -0.1) is 0 Å². The van der Waals surface area contributed by atoms with Crippen LogP contribution in [0.2, 0.25) is 0 Å². The van der Waals surface area contributed by atoms with Crippen LogP contribution in [0.1, 0.15) is 28.8 Å². The molecule has 168 valence electrons. The van der Waals surface area contributed by atoms with Crippen LogP contribution in [-0.4, -0.2) is 69.5 Å². The first-order chi connectivity index (χ1) is 15.7. The van der Waals surface area contributed by atoms with Gasteiger partial charge >= 0.3 is 0 Å². The molecule has 3 heterocycles. The van der Waals surface area contributed by atoms with Gasteiger partial charge in [0.2, 0.25) is 0 Å². The van der Waals surface area contributed by atoms with E-state index >= 15 is 0 Å². The summed E-state index contributed by atoms with van der Waals surface area (Å²) in [5, 5.41) is 6.23. The number of primary amides is 1. The Morgan fingerprint density at radius 3 is 2.53 bits per heavy atom. The van der Waals surface area contributed by atoms with Crippen molar-refractivity contribution in [3.63, 3.8) is 0 Å². The molecule has 0 bridgehead atoms. The van der Waals surface area contributed by atoms with Crippen LogP contribution in [0, 0.1) is 0 Å². The zero-order valence-corrected chi connectivity index (χ0v) is 19.0. The van der Waals surface area contributed by atoms with Gasteiger partial charge in [0.25, 0.3) is 5.91 Å². The molecule has 2 aliphatic heterocycles. The van der Waals surface area contributed by atoms with Crippen molar-refractivity contribution in [2.24, 2.45) is 5.73 Å². The van der Waals surface area contributed by atoms with Gasteiger partial charge in [-0.3, -0.25) is 9.69 Å². The number of rotatable bonds is 6. The second-order valence-electron chi connectivity index (χ2n) is 8.47. The van der Waals surface area contributed by atoms with Gasteiger partial charge in [0.05, 0.1) is 24.5 Å². The van der Waals surface area contributed by atoms with Crippen molar-refractivity contribution < 1.29 is 9.53 Å². The number of hydrogen-bond donors (Lipinski definition) is 1. The molecule has 0 spiro atoms. The van der Waals surface area contributed by atoms with Crippen LogP contribution < -0.4 is 5.73 Å².